The molecule has 1 fully saturated rings. The second-order valence-corrected chi connectivity index (χ2v) is 3.84. The molecule has 1 atom stereocenters. The zero-order valence-electron chi connectivity index (χ0n) is 8.38. The first-order chi connectivity index (χ1) is 6.81. The molecule has 0 aliphatic carbocycles. The Kier molecular flexibility index (Phi) is 2.51. The van der Waals surface area contributed by atoms with Gasteiger partial charge in [-0.3, -0.25) is 0 Å². The minimum absolute atomic E-state index is 0.501. The van der Waals surface area contributed by atoms with Crippen LogP contribution in [0.4, 0.5) is 0 Å². The van der Waals surface area contributed by atoms with Gasteiger partial charge in [-0.15, -0.1) is 0 Å². The third-order valence-corrected chi connectivity index (χ3v) is 2.83. The predicted molar refractivity (Wildman–Crippen MR) is 55.9 cm³/mol. The van der Waals surface area contributed by atoms with Gasteiger partial charge in [0.05, 0.1) is 11.6 Å². The van der Waals surface area contributed by atoms with Crippen LogP contribution < -0.4 is 5.32 Å². The third-order valence-electron chi connectivity index (χ3n) is 2.83. The van der Waals surface area contributed by atoms with E-state index in [1.165, 1.54) is 18.4 Å². The second kappa shape index (κ2) is 3.81. The van der Waals surface area contributed by atoms with Crippen LogP contribution in [0.5, 0.6) is 0 Å². The fraction of sp³-hybridized carbons (Fsp3) is 0.417. The molecule has 2 nitrogen and oxygen atoms in total. The quantitative estimate of drug-likeness (QED) is 0.730. The van der Waals surface area contributed by atoms with Crippen molar-refractivity contribution in [2.24, 2.45) is 0 Å². The molecular formula is C12H14N2. The van der Waals surface area contributed by atoms with Gasteiger partial charge in [-0.05, 0) is 43.5 Å². The lowest BCUT2D eigenvalue weighted by atomic mass is 10.00. The molecule has 1 aromatic carbocycles. The standard InChI is InChI=1S/C12H14N2/c1-9-7-10(4-5-11(9)8-13)12-3-2-6-14-12/h4-5,7,12,14H,2-3,6H2,1H3. The van der Waals surface area contributed by atoms with Gasteiger partial charge in [0.1, 0.15) is 0 Å². The summed E-state index contributed by atoms with van der Waals surface area (Å²) < 4.78 is 0. The Labute approximate surface area is 84.6 Å². The Balaban J connectivity index is 2.28. The summed E-state index contributed by atoms with van der Waals surface area (Å²) in [5.41, 5.74) is 3.18. The van der Waals surface area contributed by atoms with Crippen LogP contribution in [-0.2, 0) is 0 Å². The molecule has 1 unspecified atom stereocenters. The molecule has 1 N–H and O–H groups in total. The number of aryl methyl sites for hydroxylation is 1. The van der Waals surface area contributed by atoms with E-state index in [-0.39, 0.29) is 0 Å². The van der Waals surface area contributed by atoms with Crippen LogP contribution in [0.3, 0.4) is 0 Å². The topological polar surface area (TPSA) is 35.8 Å². The van der Waals surface area contributed by atoms with Crippen molar-refractivity contribution in [2.75, 3.05) is 6.54 Å². The van der Waals surface area contributed by atoms with Gasteiger partial charge >= 0.3 is 0 Å². The monoisotopic (exact) mass is 186 g/mol. The number of nitrogens with one attached hydrogen (secondary N) is 1. The van der Waals surface area contributed by atoms with Crippen molar-refractivity contribution in [3.63, 3.8) is 0 Å². The summed E-state index contributed by atoms with van der Waals surface area (Å²) in [6.45, 7) is 3.11. The molecular weight excluding hydrogens is 172 g/mol. The van der Waals surface area contributed by atoms with E-state index in [0.717, 1.165) is 17.7 Å². The van der Waals surface area contributed by atoms with Crippen LogP contribution in [0, 0.1) is 18.3 Å². The van der Waals surface area contributed by atoms with Gasteiger partial charge in [-0.1, -0.05) is 12.1 Å². The fourth-order valence-corrected chi connectivity index (χ4v) is 2.00. The minimum Gasteiger partial charge on any atom is -0.310 e. The van der Waals surface area contributed by atoms with Crippen molar-refractivity contribution in [1.29, 1.82) is 5.26 Å². The van der Waals surface area contributed by atoms with Crippen molar-refractivity contribution in [3.8, 4) is 6.07 Å². The Hall–Kier alpha value is -1.33. The highest BCUT2D eigenvalue weighted by molar-refractivity contribution is 5.40. The number of benzene rings is 1. The number of rotatable bonds is 1. The molecule has 14 heavy (non-hydrogen) atoms. The number of hydrogen-bond acceptors (Lipinski definition) is 2. The van der Waals surface area contributed by atoms with Crippen LogP contribution in [0.15, 0.2) is 18.2 Å². The Bertz CT molecular complexity index is 370. The third kappa shape index (κ3) is 1.64. The summed E-state index contributed by atoms with van der Waals surface area (Å²) in [6.07, 6.45) is 2.47. The number of nitriles is 1. The Morgan fingerprint density at radius 1 is 1.50 bits per heavy atom. The van der Waals surface area contributed by atoms with Crippen LogP contribution in [0.1, 0.15) is 35.6 Å². The lowest BCUT2D eigenvalue weighted by Gasteiger charge is -2.11. The van der Waals surface area contributed by atoms with Crippen molar-refractivity contribution >= 4 is 0 Å². The highest BCUT2D eigenvalue weighted by atomic mass is 14.9. The zero-order valence-corrected chi connectivity index (χ0v) is 8.38. The summed E-state index contributed by atoms with van der Waals surface area (Å²) >= 11 is 0. The molecule has 1 aromatic rings. The second-order valence-electron chi connectivity index (χ2n) is 3.84. The van der Waals surface area contributed by atoms with Crippen LogP contribution in [0.2, 0.25) is 0 Å². The molecule has 0 aromatic heterocycles. The normalized spacial score (nSPS) is 20.7. The van der Waals surface area contributed by atoms with E-state index in [2.05, 4.69) is 23.5 Å². The van der Waals surface area contributed by atoms with E-state index < -0.39 is 0 Å². The van der Waals surface area contributed by atoms with Gasteiger partial charge < -0.3 is 5.32 Å². The summed E-state index contributed by atoms with van der Waals surface area (Å²) in [7, 11) is 0. The van der Waals surface area contributed by atoms with Crippen LogP contribution in [-0.4, -0.2) is 6.54 Å². The zero-order chi connectivity index (χ0) is 9.97. The van der Waals surface area contributed by atoms with Crippen molar-refractivity contribution < 1.29 is 0 Å². The molecule has 2 rings (SSSR count). The van der Waals surface area contributed by atoms with E-state index in [1.54, 1.807) is 0 Å². The summed E-state index contributed by atoms with van der Waals surface area (Å²) in [6, 6.07) is 8.81. The molecule has 1 aliphatic rings. The average Bonchev–Trinajstić information content (AvgIpc) is 2.70. The van der Waals surface area contributed by atoms with Crippen LogP contribution >= 0.6 is 0 Å². The molecule has 0 amide bonds. The predicted octanol–water partition coefficient (Wildman–Crippen LogP) is 2.29. The maximum Gasteiger partial charge on any atom is 0.0994 e. The molecule has 1 heterocycles. The minimum atomic E-state index is 0.501. The van der Waals surface area contributed by atoms with Gasteiger partial charge in [-0.2, -0.15) is 5.26 Å². The lowest BCUT2D eigenvalue weighted by Crippen LogP contribution is -2.12. The molecule has 1 aliphatic heterocycles. The van der Waals surface area contributed by atoms with E-state index in [4.69, 9.17) is 5.26 Å². The first-order valence-electron chi connectivity index (χ1n) is 5.05. The molecule has 0 radical (unpaired) electrons. The number of nitrogens with zero attached hydrogens (tertiary/aromatic N) is 1. The summed E-state index contributed by atoms with van der Waals surface area (Å²) in [5.74, 6) is 0. The van der Waals surface area contributed by atoms with E-state index in [0.29, 0.717) is 6.04 Å². The summed E-state index contributed by atoms with van der Waals surface area (Å²) in [5, 5.41) is 12.3. The van der Waals surface area contributed by atoms with Crippen molar-refractivity contribution in [3.05, 3.63) is 34.9 Å². The fourth-order valence-electron chi connectivity index (χ4n) is 2.00. The molecule has 0 saturated carbocycles. The lowest BCUT2D eigenvalue weighted by molar-refractivity contribution is 0.647. The van der Waals surface area contributed by atoms with Crippen molar-refractivity contribution in [2.45, 2.75) is 25.8 Å². The maximum absolute atomic E-state index is 8.81. The molecule has 0 bridgehead atoms. The highest BCUT2D eigenvalue weighted by Gasteiger charge is 2.16. The smallest absolute Gasteiger partial charge is 0.0994 e. The largest absolute Gasteiger partial charge is 0.310 e. The van der Waals surface area contributed by atoms with E-state index in [9.17, 15) is 0 Å². The van der Waals surface area contributed by atoms with Gasteiger partial charge in [0.15, 0.2) is 0 Å². The Morgan fingerprint density at radius 3 is 2.93 bits per heavy atom. The van der Waals surface area contributed by atoms with Gasteiger partial charge in [-0.25, -0.2) is 0 Å². The van der Waals surface area contributed by atoms with Crippen LogP contribution in [0.25, 0.3) is 0 Å². The Morgan fingerprint density at radius 2 is 2.36 bits per heavy atom. The average molecular weight is 186 g/mol. The molecule has 2 heteroatoms. The SMILES string of the molecule is Cc1cc(C2CCCN2)ccc1C#N. The molecule has 0 spiro atoms. The van der Waals surface area contributed by atoms with Crippen molar-refractivity contribution in [1.82, 2.24) is 5.32 Å². The number of hydrogen-bond donors (Lipinski definition) is 1. The first-order valence-corrected chi connectivity index (χ1v) is 5.05. The van der Waals surface area contributed by atoms with E-state index in [1.807, 2.05) is 13.0 Å². The molecule has 1 saturated heterocycles. The van der Waals surface area contributed by atoms with Gasteiger partial charge in [0.2, 0.25) is 0 Å². The summed E-state index contributed by atoms with van der Waals surface area (Å²) in [4.78, 5) is 0. The maximum atomic E-state index is 8.81. The highest BCUT2D eigenvalue weighted by Crippen LogP contribution is 2.24. The van der Waals surface area contributed by atoms with Gasteiger partial charge in [0.25, 0.3) is 0 Å². The van der Waals surface area contributed by atoms with Gasteiger partial charge in [0, 0.05) is 6.04 Å². The first kappa shape index (κ1) is 9.23. The van der Waals surface area contributed by atoms with E-state index >= 15 is 0 Å². The molecule has 72 valence electrons.